The second-order valence-electron chi connectivity index (χ2n) is 4.89. The van der Waals surface area contributed by atoms with Crippen LogP contribution in [0.5, 0.6) is 0 Å². The third-order valence-corrected chi connectivity index (χ3v) is 3.82. The summed E-state index contributed by atoms with van der Waals surface area (Å²) in [5, 5.41) is 8.94. The number of aromatic nitrogens is 2. The number of H-pyrrole nitrogens is 1. The lowest BCUT2D eigenvalue weighted by Gasteiger charge is -2.12. The highest BCUT2D eigenvalue weighted by Crippen LogP contribution is 2.26. The molecule has 4 nitrogen and oxygen atoms in total. The molecule has 1 unspecified atom stereocenters. The molecule has 1 aromatic heterocycles. The van der Waals surface area contributed by atoms with Crippen molar-refractivity contribution in [3.63, 3.8) is 0 Å². The van der Waals surface area contributed by atoms with E-state index in [1.165, 1.54) is 0 Å². The van der Waals surface area contributed by atoms with E-state index in [0.717, 1.165) is 11.4 Å². The van der Waals surface area contributed by atoms with Gasteiger partial charge in [-0.15, -0.1) is 0 Å². The molecule has 0 fully saturated rings. The Hall–Kier alpha value is -2.40. The molecule has 1 aromatic carbocycles. The number of carboxylic acids is 1. The number of hydrogen-bond donors (Lipinski definition) is 2. The monoisotopic (exact) mass is 298 g/mol. The highest BCUT2D eigenvalue weighted by molar-refractivity contribution is 7.71. The smallest absolute Gasteiger partial charge is 0.335 e. The zero-order valence-electron chi connectivity index (χ0n) is 11.2. The Bertz CT molecular complexity index is 784. The van der Waals surface area contributed by atoms with Crippen molar-refractivity contribution in [2.24, 2.45) is 0 Å². The van der Waals surface area contributed by atoms with Crippen LogP contribution in [0, 0.1) is 4.77 Å². The van der Waals surface area contributed by atoms with E-state index in [1.54, 1.807) is 12.2 Å². The number of carbonyl (C=O) groups is 1. The molecule has 106 valence electrons. The lowest BCUT2D eigenvalue weighted by molar-refractivity contribution is -0.132. The Balaban J connectivity index is 1.88. The average Bonchev–Trinajstić information content (AvgIpc) is 2.90. The van der Waals surface area contributed by atoms with Crippen LogP contribution in [-0.4, -0.2) is 20.6 Å². The van der Waals surface area contributed by atoms with Gasteiger partial charge in [-0.25, -0.2) is 4.79 Å². The first-order valence-corrected chi connectivity index (χ1v) is 7.04. The molecular formula is C16H14N2O2S. The van der Waals surface area contributed by atoms with Crippen molar-refractivity contribution in [2.75, 3.05) is 0 Å². The number of aliphatic carboxylic acids is 1. The standard InChI is InChI=1S/C16H14N2O2S/c19-15(20)12-8-6-11(7-9-12)14-10-18(16(21)17-14)13-4-2-1-3-5-13/h1-6,8-11H,7H2,(H,17,21)(H,19,20). The Morgan fingerprint density at radius 3 is 2.71 bits per heavy atom. The van der Waals surface area contributed by atoms with Crippen LogP contribution in [0.25, 0.3) is 5.69 Å². The minimum Gasteiger partial charge on any atom is -0.478 e. The van der Waals surface area contributed by atoms with E-state index in [1.807, 2.05) is 47.2 Å². The largest absolute Gasteiger partial charge is 0.478 e. The summed E-state index contributed by atoms with van der Waals surface area (Å²) in [7, 11) is 0. The summed E-state index contributed by atoms with van der Waals surface area (Å²) in [6.07, 6.45) is 7.92. The molecule has 0 radical (unpaired) electrons. The summed E-state index contributed by atoms with van der Waals surface area (Å²) in [4.78, 5) is 14.1. The molecule has 1 heterocycles. The molecule has 0 spiro atoms. The SMILES string of the molecule is O=C(O)C1=CCC(c2cn(-c3ccccc3)c(=S)[nH]2)C=C1. The first kappa shape index (κ1) is 13.6. The fraction of sp³-hybridized carbons (Fsp3) is 0.125. The molecule has 21 heavy (non-hydrogen) atoms. The summed E-state index contributed by atoms with van der Waals surface area (Å²) in [5.41, 5.74) is 2.33. The molecule has 0 amide bonds. The predicted octanol–water partition coefficient (Wildman–Crippen LogP) is 3.59. The Morgan fingerprint density at radius 2 is 2.10 bits per heavy atom. The van der Waals surface area contributed by atoms with E-state index < -0.39 is 5.97 Å². The van der Waals surface area contributed by atoms with E-state index in [0.29, 0.717) is 16.8 Å². The topological polar surface area (TPSA) is 58.0 Å². The van der Waals surface area contributed by atoms with E-state index in [2.05, 4.69) is 4.98 Å². The molecule has 5 heteroatoms. The van der Waals surface area contributed by atoms with Gasteiger partial charge in [-0.1, -0.05) is 36.4 Å². The third-order valence-electron chi connectivity index (χ3n) is 3.52. The van der Waals surface area contributed by atoms with Gasteiger partial charge in [0.1, 0.15) is 0 Å². The van der Waals surface area contributed by atoms with Gasteiger partial charge in [0.05, 0.1) is 5.57 Å². The summed E-state index contributed by atoms with van der Waals surface area (Å²) < 4.78 is 2.56. The van der Waals surface area contributed by atoms with Crippen molar-refractivity contribution < 1.29 is 9.90 Å². The van der Waals surface area contributed by atoms with Crippen molar-refractivity contribution in [3.8, 4) is 5.69 Å². The van der Waals surface area contributed by atoms with Crippen LogP contribution in [0.4, 0.5) is 0 Å². The number of carboxylic acid groups (broad SMARTS) is 1. The maximum atomic E-state index is 10.9. The van der Waals surface area contributed by atoms with Gasteiger partial charge in [0, 0.05) is 23.5 Å². The van der Waals surface area contributed by atoms with Crippen molar-refractivity contribution in [3.05, 3.63) is 70.8 Å². The second-order valence-corrected chi connectivity index (χ2v) is 5.27. The van der Waals surface area contributed by atoms with E-state index in [9.17, 15) is 4.79 Å². The van der Waals surface area contributed by atoms with Gasteiger partial charge in [0.2, 0.25) is 0 Å². The number of nitrogens with one attached hydrogen (secondary N) is 1. The Morgan fingerprint density at radius 1 is 1.33 bits per heavy atom. The van der Waals surface area contributed by atoms with Crippen LogP contribution in [0.1, 0.15) is 18.0 Å². The first-order chi connectivity index (χ1) is 10.1. The van der Waals surface area contributed by atoms with Crippen molar-refractivity contribution in [2.45, 2.75) is 12.3 Å². The zero-order chi connectivity index (χ0) is 14.8. The van der Waals surface area contributed by atoms with Gasteiger partial charge >= 0.3 is 5.97 Å². The fourth-order valence-electron chi connectivity index (χ4n) is 2.39. The van der Waals surface area contributed by atoms with Crippen LogP contribution < -0.4 is 0 Å². The predicted molar refractivity (Wildman–Crippen MR) is 83.2 cm³/mol. The molecule has 0 aliphatic heterocycles. The van der Waals surface area contributed by atoms with Crippen LogP contribution in [-0.2, 0) is 4.79 Å². The van der Waals surface area contributed by atoms with E-state index >= 15 is 0 Å². The van der Waals surface area contributed by atoms with Gasteiger partial charge < -0.3 is 10.1 Å². The number of benzene rings is 1. The molecule has 0 bridgehead atoms. The summed E-state index contributed by atoms with van der Waals surface area (Å²) in [5.74, 6) is -0.765. The fourth-order valence-corrected chi connectivity index (χ4v) is 2.67. The van der Waals surface area contributed by atoms with E-state index in [-0.39, 0.29) is 5.92 Å². The maximum Gasteiger partial charge on any atom is 0.335 e. The van der Waals surface area contributed by atoms with Crippen molar-refractivity contribution in [1.82, 2.24) is 9.55 Å². The number of nitrogens with zero attached hydrogens (tertiary/aromatic N) is 1. The van der Waals surface area contributed by atoms with Gasteiger partial charge in [-0.3, -0.25) is 4.57 Å². The molecule has 0 saturated carbocycles. The molecule has 3 rings (SSSR count). The average molecular weight is 298 g/mol. The number of allylic oxidation sites excluding steroid dienone is 2. The van der Waals surface area contributed by atoms with Crippen molar-refractivity contribution in [1.29, 1.82) is 0 Å². The second kappa shape index (κ2) is 5.54. The van der Waals surface area contributed by atoms with Crippen LogP contribution in [0.3, 0.4) is 0 Å². The molecule has 2 aromatic rings. The molecule has 2 N–H and O–H groups in total. The van der Waals surface area contributed by atoms with Gasteiger partial charge in [0.25, 0.3) is 0 Å². The van der Waals surface area contributed by atoms with Crippen LogP contribution >= 0.6 is 12.2 Å². The maximum absolute atomic E-state index is 10.9. The molecule has 1 atom stereocenters. The lowest BCUT2D eigenvalue weighted by atomic mass is 9.94. The molecule has 1 aliphatic carbocycles. The lowest BCUT2D eigenvalue weighted by Crippen LogP contribution is -2.05. The van der Waals surface area contributed by atoms with Crippen molar-refractivity contribution >= 4 is 18.2 Å². The van der Waals surface area contributed by atoms with Gasteiger partial charge in [0.15, 0.2) is 4.77 Å². The Kier molecular flexibility index (Phi) is 3.58. The van der Waals surface area contributed by atoms with Crippen LogP contribution in [0.15, 0.2) is 60.3 Å². The highest BCUT2D eigenvalue weighted by Gasteiger charge is 2.16. The number of hydrogen-bond acceptors (Lipinski definition) is 2. The Labute approximate surface area is 127 Å². The van der Waals surface area contributed by atoms with Gasteiger partial charge in [-0.2, -0.15) is 0 Å². The molecular weight excluding hydrogens is 284 g/mol. The number of aromatic amines is 1. The highest BCUT2D eigenvalue weighted by atomic mass is 32.1. The minimum absolute atomic E-state index is 0.125. The quantitative estimate of drug-likeness (QED) is 0.851. The molecule has 0 saturated heterocycles. The summed E-state index contributed by atoms with van der Waals surface area (Å²) >= 11 is 5.36. The number of rotatable bonds is 3. The van der Waals surface area contributed by atoms with E-state index in [4.69, 9.17) is 17.3 Å². The van der Waals surface area contributed by atoms with Gasteiger partial charge in [-0.05, 0) is 30.8 Å². The first-order valence-electron chi connectivity index (χ1n) is 6.64. The number of para-hydroxylation sites is 1. The summed E-state index contributed by atoms with van der Waals surface area (Å²) in [6.45, 7) is 0. The molecule has 1 aliphatic rings. The zero-order valence-corrected chi connectivity index (χ0v) is 12.0. The number of imidazole rings is 1. The normalized spacial score (nSPS) is 17.5. The van der Waals surface area contributed by atoms with Crippen LogP contribution in [0.2, 0.25) is 0 Å². The summed E-state index contributed by atoms with van der Waals surface area (Å²) in [6, 6.07) is 9.88. The minimum atomic E-state index is -0.889. The third kappa shape index (κ3) is 2.73.